The fourth-order valence-electron chi connectivity index (χ4n) is 2.52. The summed E-state index contributed by atoms with van der Waals surface area (Å²) in [6.07, 6.45) is 3.09. The average molecular weight is 510 g/mol. The number of hydrogen-bond acceptors (Lipinski definition) is 6. The zero-order chi connectivity index (χ0) is 23.5. The number of aromatic nitrogens is 3. The van der Waals surface area contributed by atoms with Crippen LogP contribution in [0.1, 0.15) is 41.5 Å². The number of alkyl halides is 2. The van der Waals surface area contributed by atoms with E-state index in [-0.39, 0.29) is 41.5 Å². The maximum Gasteiger partial charge on any atom is 0.302 e. The normalized spacial score (nSPS) is 13.4. The molecule has 8 nitrogen and oxygen atoms in total. The molecule has 2 amide bonds. The number of pyridine rings is 1. The molecule has 1 aliphatic carbocycles. The van der Waals surface area contributed by atoms with E-state index in [2.05, 4.69) is 48.1 Å². The van der Waals surface area contributed by atoms with Crippen LogP contribution < -0.4 is 15.4 Å². The lowest BCUT2D eigenvalue weighted by Gasteiger charge is -2.17. The molecule has 0 atom stereocenters. The summed E-state index contributed by atoms with van der Waals surface area (Å²) in [6.45, 7) is 5.40. The largest absolute Gasteiger partial charge is 0.470 e. The van der Waals surface area contributed by atoms with Crippen LogP contribution in [-0.2, 0) is 11.3 Å². The van der Waals surface area contributed by atoms with Gasteiger partial charge < -0.3 is 10.1 Å². The van der Waals surface area contributed by atoms with Gasteiger partial charge in [0.15, 0.2) is 6.61 Å². The average Bonchev–Trinajstić information content (AvgIpc) is 3.56. The molecular formula is C21H22BrF2N5O3. The van der Waals surface area contributed by atoms with E-state index in [4.69, 9.17) is 4.74 Å². The van der Waals surface area contributed by atoms with Crippen LogP contribution in [0.3, 0.4) is 0 Å². The SMILES string of the molecule is C=C(C)C(F)(F)COc1ncc(CNC(=O)c2cc(C)nc(NC(=O)C3CC3)n2)cc1Br. The van der Waals surface area contributed by atoms with Gasteiger partial charge in [-0.05, 0) is 65.9 Å². The standard InChI is InChI=1S/C21H22BrF2N5O3/c1-11(2)21(23,24)10-32-19-15(22)7-13(9-26-19)8-25-18(31)16-6-12(3)27-20(28-16)29-17(30)14-4-5-14/h6-7,9,14H,1,4-5,8,10H2,2-3H3,(H,25,31)(H,27,28,29,30). The summed E-state index contributed by atoms with van der Waals surface area (Å²) in [7, 11) is 0. The maximum absolute atomic E-state index is 13.6. The molecule has 2 aromatic rings. The van der Waals surface area contributed by atoms with Gasteiger partial charge in [0.05, 0.1) is 4.47 Å². The van der Waals surface area contributed by atoms with E-state index in [9.17, 15) is 18.4 Å². The Hall–Kier alpha value is -2.95. The van der Waals surface area contributed by atoms with Gasteiger partial charge in [-0.25, -0.2) is 15.0 Å². The highest BCUT2D eigenvalue weighted by Crippen LogP contribution is 2.30. The number of nitrogens with one attached hydrogen (secondary N) is 2. The number of amides is 2. The van der Waals surface area contributed by atoms with Crippen LogP contribution in [0.15, 0.2) is 35.0 Å². The van der Waals surface area contributed by atoms with Gasteiger partial charge in [-0.2, -0.15) is 8.78 Å². The van der Waals surface area contributed by atoms with Crippen LogP contribution in [0.25, 0.3) is 0 Å². The van der Waals surface area contributed by atoms with Crippen molar-refractivity contribution in [1.29, 1.82) is 0 Å². The molecule has 0 saturated heterocycles. The van der Waals surface area contributed by atoms with E-state index in [1.54, 1.807) is 13.0 Å². The molecule has 1 saturated carbocycles. The lowest BCUT2D eigenvalue weighted by atomic mass is 10.2. The zero-order valence-corrected chi connectivity index (χ0v) is 19.1. The zero-order valence-electron chi connectivity index (χ0n) is 17.5. The molecule has 2 aromatic heterocycles. The summed E-state index contributed by atoms with van der Waals surface area (Å²) in [5.74, 6) is -3.70. The number of anilines is 1. The molecule has 1 aliphatic rings. The Morgan fingerprint density at radius 2 is 2.03 bits per heavy atom. The number of hydrogen-bond donors (Lipinski definition) is 2. The summed E-state index contributed by atoms with van der Waals surface area (Å²) < 4.78 is 32.7. The van der Waals surface area contributed by atoms with Crippen molar-refractivity contribution in [3.8, 4) is 5.88 Å². The summed E-state index contributed by atoms with van der Waals surface area (Å²) in [4.78, 5) is 36.7. The predicted molar refractivity (Wildman–Crippen MR) is 116 cm³/mol. The molecule has 0 spiro atoms. The number of halogens is 3. The third-order valence-electron chi connectivity index (χ3n) is 4.60. The third kappa shape index (κ3) is 6.28. The number of rotatable bonds is 9. The van der Waals surface area contributed by atoms with Crippen molar-refractivity contribution in [1.82, 2.24) is 20.3 Å². The van der Waals surface area contributed by atoms with E-state index in [1.165, 1.54) is 19.2 Å². The minimum absolute atomic E-state index is 0.00322. The number of carbonyl (C=O) groups is 2. The first-order valence-electron chi connectivity index (χ1n) is 9.81. The van der Waals surface area contributed by atoms with Crippen LogP contribution in [0, 0.1) is 12.8 Å². The molecule has 0 aromatic carbocycles. The van der Waals surface area contributed by atoms with Gasteiger partial charge in [0.2, 0.25) is 17.7 Å². The molecule has 170 valence electrons. The van der Waals surface area contributed by atoms with Crippen molar-refractivity contribution in [3.05, 3.63) is 51.9 Å². The molecule has 11 heteroatoms. The maximum atomic E-state index is 13.6. The van der Waals surface area contributed by atoms with Gasteiger partial charge in [0.25, 0.3) is 5.91 Å². The van der Waals surface area contributed by atoms with Crippen molar-refractivity contribution in [2.75, 3.05) is 11.9 Å². The van der Waals surface area contributed by atoms with Crippen molar-refractivity contribution in [3.63, 3.8) is 0 Å². The first-order valence-corrected chi connectivity index (χ1v) is 10.6. The second-order valence-corrected chi connectivity index (χ2v) is 8.42. The van der Waals surface area contributed by atoms with Crippen molar-refractivity contribution < 1.29 is 23.1 Å². The highest BCUT2D eigenvalue weighted by Gasteiger charge is 2.32. The molecule has 0 bridgehead atoms. The van der Waals surface area contributed by atoms with Crippen molar-refractivity contribution >= 4 is 33.7 Å². The van der Waals surface area contributed by atoms with Crippen molar-refractivity contribution in [2.24, 2.45) is 5.92 Å². The number of ether oxygens (including phenoxy) is 1. The van der Waals surface area contributed by atoms with Crippen LogP contribution in [0.5, 0.6) is 5.88 Å². The van der Waals surface area contributed by atoms with Gasteiger partial charge in [-0.15, -0.1) is 0 Å². The van der Waals surface area contributed by atoms with Crippen LogP contribution in [0.4, 0.5) is 14.7 Å². The first kappa shape index (κ1) is 23.7. The van der Waals surface area contributed by atoms with E-state index in [0.29, 0.717) is 15.7 Å². The topological polar surface area (TPSA) is 106 Å². The third-order valence-corrected chi connectivity index (χ3v) is 5.17. The number of nitrogens with zero attached hydrogens (tertiary/aromatic N) is 3. The molecule has 0 radical (unpaired) electrons. The van der Waals surface area contributed by atoms with E-state index in [1.807, 2.05) is 0 Å². The predicted octanol–water partition coefficient (Wildman–Crippen LogP) is 3.81. The molecule has 32 heavy (non-hydrogen) atoms. The minimum Gasteiger partial charge on any atom is -0.470 e. The second-order valence-electron chi connectivity index (χ2n) is 7.57. The Kier molecular flexibility index (Phi) is 7.17. The number of aryl methyl sites for hydroxylation is 1. The monoisotopic (exact) mass is 509 g/mol. The van der Waals surface area contributed by atoms with Gasteiger partial charge in [-0.3, -0.25) is 14.9 Å². The molecule has 0 unspecified atom stereocenters. The molecule has 3 rings (SSSR count). The van der Waals surface area contributed by atoms with E-state index < -0.39 is 18.4 Å². The Balaban J connectivity index is 1.59. The van der Waals surface area contributed by atoms with Gasteiger partial charge in [0, 0.05) is 24.4 Å². The molecule has 1 fully saturated rings. The van der Waals surface area contributed by atoms with Crippen LogP contribution >= 0.6 is 15.9 Å². The summed E-state index contributed by atoms with van der Waals surface area (Å²) in [5.41, 5.74) is 0.951. The van der Waals surface area contributed by atoms with Gasteiger partial charge >= 0.3 is 5.92 Å². The minimum atomic E-state index is -3.17. The van der Waals surface area contributed by atoms with Crippen molar-refractivity contribution in [2.45, 2.75) is 39.2 Å². The molecule has 0 aliphatic heterocycles. The lowest BCUT2D eigenvalue weighted by Crippen LogP contribution is -2.27. The molecular weight excluding hydrogens is 488 g/mol. The van der Waals surface area contributed by atoms with Crippen LogP contribution in [-0.4, -0.2) is 39.3 Å². The van der Waals surface area contributed by atoms with E-state index in [0.717, 1.165) is 12.8 Å². The van der Waals surface area contributed by atoms with Gasteiger partial charge in [-0.1, -0.05) is 6.58 Å². The quantitative estimate of drug-likeness (QED) is 0.497. The highest BCUT2D eigenvalue weighted by atomic mass is 79.9. The fraction of sp³-hybridized carbons (Fsp3) is 0.381. The lowest BCUT2D eigenvalue weighted by molar-refractivity contribution is -0.117. The Morgan fingerprint density at radius 1 is 1.31 bits per heavy atom. The fourth-order valence-corrected chi connectivity index (χ4v) is 3.03. The highest BCUT2D eigenvalue weighted by molar-refractivity contribution is 9.10. The Labute approximate surface area is 192 Å². The molecule has 2 heterocycles. The van der Waals surface area contributed by atoms with E-state index >= 15 is 0 Å². The molecule has 2 N–H and O–H groups in total. The summed E-state index contributed by atoms with van der Waals surface area (Å²) in [6, 6.07) is 3.11. The second kappa shape index (κ2) is 9.68. The number of carbonyl (C=O) groups excluding carboxylic acids is 2. The summed E-state index contributed by atoms with van der Waals surface area (Å²) in [5, 5.41) is 5.33. The van der Waals surface area contributed by atoms with Crippen LogP contribution in [0.2, 0.25) is 0 Å². The Bertz CT molecular complexity index is 1060. The Morgan fingerprint density at radius 3 is 2.66 bits per heavy atom. The first-order chi connectivity index (χ1) is 15.0. The smallest absolute Gasteiger partial charge is 0.302 e. The summed E-state index contributed by atoms with van der Waals surface area (Å²) >= 11 is 3.23. The van der Waals surface area contributed by atoms with Gasteiger partial charge in [0.1, 0.15) is 5.69 Å².